The van der Waals surface area contributed by atoms with Gasteiger partial charge in [-0.1, -0.05) is 0 Å². The van der Waals surface area contributed by atoms with Crippen molar-refractivity contribution in [2.24, 2.45) is 7.05 Å². The van der Waals surface area contributed by atoms with Gasteiger partial charge >= 0.3 is 0 Å². The Morgan fingerprint density at radius 3 is 3.04 bits per heavy atom. The Hall–Kier alpha value is -2.09. The molecule has 0 spiro atoms. The first kappa shape index (κ1) is 17.7. The van der Waals surface area contributed by atoms with Gasteiger partial charge in [0.1, 0.15) is 18.6 Å². The summed E-state index contributed by atoms with van der Waals surface area (Å²) >= 11 is 0. The zero-order chi connectivity index (χ0) is 17.6. The molecule has 1 aliphatic heterocycles. The van der Waals surface area contributed by atoms with E-state index in [2.05, 4.69) is 15.3 Å². The van der Waals surface area contributed by atoms with Crippen molar-refractivity contribution in [1.29, 1.82) is 0 Å². The average Bonchev–Trinajstić information content (AvgIpc) is 3.00. The summed E-state index contributed by atoms with van der Waals surface area (Å²) in [4.78, 5) is 2.15. The van der Waals surface area contributed by atoms with Crippen LogP contribution in [0.3, 0.4) is 0 Å². The van der Waals surface area contributed by atoms with Crippen LogP contribution in [0.2, 0.25) is 0 Å². The fraction of sp³-hybridized carbons (Fsp3) is 0.500. The molecular weight excluding hydrogens is 320 g/mol. The first-order valence-electron chi connectivity index (χ1n) is 8.65. The van der Waals surface area contributed by atoms with Gasteiger partial charge < -0.3 is 20.3 Å². The van der Waals surface area contributed by atoms with Gasteiger partial charge in [0.15, 0.2) is 0 Å². The molecule has 1 unspecified atom stereocenters. The molecule has 2 heterocycles. The summed E-state index contributed by atoms with van der Waals surface area (Å²) in [6.45, 7) is 2.74. The van der Waals surface area contributed by atoms with Crippen molar-refractivity contribution in [3.8, 4) is 5.75 Å². The Bertz CT molecular complexity index is 689. The second kappa shape index (κ2) is 8.33. The van der Waals surface area contributed by atoms with Crippen molar-refractivity contribution in [2.75, 3.05) is 31.6 Å². The quantitative estimate of drug-likeness (QED) is 0.661. The molecule has 1 aromatic heterocycles. The number of hydrogen-bond donors (Lipinski definition) is 3. The minimum atomic E-state index is -0.459. The van der Waals surface area contributed by atoms with Gasteiger partial charge in [0.2, 0.25) is 0 Å². The van der Waals surface area contributed by atoms with Crippen LogP contribution in [0.25, 0.3) is 0 Å². The van der Waals surface area contributed by atoms with Crippen LogP contribution in [0, 0.1) is 0 Å². The summed E-state index contributed by atoms with van der Waals surface area (Å²) in [6.07, 6.45) is 4.93. The van der Waals surface area contributed by atoms with Crippen LogP contribution in [0.15, 0.2) is 30.6 Å². The first-order valence-corrected chi connectivity index (χ1v) is 8.65. The van der Waals surface area contributed by atoms with Crippen LogP contribution in [-0.2, 0) is 20.0 Å². The summed E-state index contributed by atoms with van der Waals surface area (Å²) in [5.41, 5.74) is 3.27. The maximum absolute atomic E-state index is 9.63. The molecule has 1 atom stereocenters. The van der Waals surface area contributed by atoms with Crippen LogP contribution in [0.4, 0.5) is 5.69 Å². The minimum absolute atomic E-state index is 0.118. The van der Waals surface area contributed by atoms with Gasteiger partial charge in [-0.05, 0) is 36.6 Å². The molecule has 3 N–H and O–H groups in total. The normalized spacial score (nSPS) is 16.6. The highest BCUT2D eigenvalue weighted by Crippen LogP contribution is 2.27. The van der Waals surface area contributed by atoms with Gasteiger partial charge in [-0.2, -0.15) is 5.10 Å². The highest BCUT2D eigenvalue weighted by Gasteiger charge is 2.15. The van der Waals surface area contributed by atoms with Gasteiger partial charge in [-0.3, -0.25) is 9.58 Å². The number of aliphatic hydroxyl groups excluding tert-OH is 2. The lowest BCUT2D eigenvalue weighted by Gasteiger charge is -2.24. The van der Waals surface area contributed by atoms with Crippen molar-refractivity contribution in [1.82, 2.24) is 14.7 Å². The molecule has 25 heavy (non-hydrogen) atoms. The summed E-state index contributed by atoms with van der Waals surface area (Å²) in [5.74, 6) is 0.835. The Labute approximate surface area is 147 Å². The van der Waals surface area contributed by atoms with Gasteiger partial charge in [0.25, 0.3) is 0 Å². The third-order valence-electron chi connectivity index (χ3n) is 4.34. The Balaban J connectivity index is 1.51. The molecule has 3 rings (SSSR count). The van der Waals surface area contributed by atoms with Gasteiger partial charge in [-0.15, -0.1) is 0 Å². The molecule has 0 saturated heterocycles. The summed E-state index contributed by atoms with van der Waals surface area (Å²) in [7, 11) is 1.90. The molecule has 0 radical (unpaired) electrons. The van der Waals surface area contributed by atoms with Crippen molar-refractivity contribution in [3.63, 3.8) is 0 Å². The van der Waals surface area contributed by atoms with Crippen LogP contribution in [-0.4, -0.2) is 57.4 Å². The molecule has 0 saturated carbocycles. The number of fused-ring (bicyclic) bond motifs is 1. The molecular formula is C18H26N4O3. The smallest absolute Gasteiger partial charge is 0.124 e. The van der Waals surface area contributed by atoms with Crippen LogP contribution >= 0.6 is 0 Å². The number of aromatic nitrogens is 2. The number of benzene rings is 1. The van der Waals surface area contributed by atoms with Crippen molar-refractivity contribution >= 4 is 5.69 Å². The lowest BCUT2D eigenvalue weighted by Crippen LogP contribution is -2.30. The zero-order valence-corrected chi connectivity index (χ0v) is 14.6. The lowest BCUT2D eigenvalue weighted by atomic mass is 10.0. The van der Waals surface area contributed by atoms with E-state index >= 15 is 0 Å². The lowest BCUT2D eigenvalue weighted by molar-refractivity contribution is 0.163. The largest absolute Gasteiger partial charge is 0.492 e. The molecule has 2 aromatic rings. The van der Waals surface area contributed by atoms with Gasteiger partial charge in [0, 0.05) is 44.1 Å². The number of ether oxygens (including phenoxy) is 1. The standard InChI is InChI=1S/C18H26N4O3/c1-21-12-14(11-19-21)13-22(6-8-23)7-9-25-16-3-4-17-15(10-16)2-5-18(24)20-17/h3-4,10-12,18,20,23-24H,2,5-9,13H2,1H3. The molecule has 7 nitrogen and oxygen atoms in total. The van der Waals surface area contributed by atoms with E-state index in [9.17, 15) is 10.2 Å². The molecule has 0 fully saturated rings. The monoisotopic (exact) mass is 346 g/mol. The van der Waals surface area contributed by atoms with E-state index in [1.54, 1.807) is 4.68 Å². The summed E-state index contributed by atoms with van der Waals surface area (Å²) < 4.78 is 7.66. The SMILES string of the molecule is Cn1cc(CN(CCO)CCOc2ccc3c(c2)CCC(O)N3)cn1. The maximum Gasteiger partial charge on any atom is 0.124 e. The summed E-state index contributed by atoms with van der Waals surface area (Å²) in [6, 6.07) is 5.90. The molecule has 0 amide bonds. The number of hydrogen-bond acceptors (Lipinski definition) is 6. The number of aryl methyl sites for hydroxylation is 2. The van der Waals surface area contributed by atoms with E-state index in [0.29, 0.717) is 19.6 Å². The second-order valence-corrected chi connectivity index (χ2v) is 6.39. The predicted molar refractivity (Wildman–Crippen MR) is 95.5 cm³/mol. The molecule has 0 bridgehead atoms. The summed E-state index contributed by atoms with van der Waals surface area (Å²) in [5, 5.41) is 26.1. The molecule has 1 aliphatic rings. The van der Waals surface area contributed by atoms with E-state index in [4.69, 9.17) is 4.74 Å². The average molecular weight is 346 g/mol. The highest BCUT2D eigenvalue weighted by molar-refractivity contribution is 5.56. The minimum Gasteiger partial charge on any atom is -0.492 e. The predicted octanol–water partition coefficient (Wildman–Crippen LogP) is 0.970. The van der Waals surface area contributed by atoms with Crippen molar-refractivity contribution in [2.45, 2.75) is 25.6 Å². The first-order chi connectivity index (χ1) is 12.1. The third-order valence-corrected chi connectivity index (χ3v) is 4.34. The van der Waals surface area contributed by atoms with Crippen molar-refractivity contribution in [3.05, 3.63) is 41.7 Å². The second-order valence-electron chi connectivity index (χ2n) is 6.39. The Morgan fingerprint density at radius 1 is 1.40 bits per heavy atom. The van der Waals surface area contributed by atoms with Crippen molar-refractivity contribution < 1.29 is 14.9 Å². The molecule has 0 aliphatic carbocycles. The Kier molecular flexibility index (Phi) is 5.91. The number of rotatable bonds is 8. The van der Waals surface area contributed by atoms with E-state index in [1.165, 1.54) is 5.56 Å². The van der Waals surface area contributed by atoms with Crippen LogP contribution in [0.5, 0.6) is 5.75 Å². The molecule has 1 aromatic carbocycles. The van der Waals surface area contributed by atoms with Gasteiger partial charge in [0.05, 0.1) is 12.8 Å². The number of anilines is 1. The molecule has 7 heteroatoms. The van der Waals surface area contributed by atoms with E-state index in [-0.39, 0.29) is 6.61 Å². The third kappa shape index (κ3) is 4.94. The van der Waals surface area contributed by atoms with E-state index in [1.807, 2.05) is 37.6 Å². The number of nitrogens with zero attached hydrogens (tertiary/aromatic N) is 3. The van der Waals surface area contributed by atoms with Crippen LogP contribution < -0.4 is 10.1 Å². The fourth-order valence-electron chi connectivity index (χ4n) is 3.07. The zero-order valence-electron chi connectivity index (χ0n) is 14.6. The van der Waals surface area contributed by atoms with E-state index in [0.717, 1.165) is 36.5 Å². The Morgan fingerprint density at radius 2 is 2.28 bits per heavy atom. The molecule has 136 valence electrons. The number of nitrogens with one attached hydrogen (secondary N) is 1. The highest BCUT2D eigenvalue weighted by atomic mass is 16.5. The van der Waals surface area contributed by atoms with Gasteiger partial charge in [-0.25, -0.2) is 0 Å². The van der Waals surface area contributed by atoms with Crippen LogP contribution in [0.1, 0.15) is 17.5 Å². The fourth-order valence-corrected chi connectivity index (χ4v) is 3.07. The maximum atomic E-state index is 9.63. The topological polar surface area (TPSA) is 82.8 Å². The number of aliphatic hydroxyl groups is 2. The van der Waals surface area contributed by atoms with E-state index < -0.39 is 6.23 Å².